The number of rotatable bonds is 7. The molecule has 1 saturated heterocycles. The third-order valence-corrected chi connectivity index (χ3v) is 7.16. The summed E-state index contributed by atoms with van der Waals surface area (Å²) >= 11 is 1.98. The summed E-state index contributed by atoms with van der Waals surface area (Å²) in [5.41, 5.74) is 0.457. The monoisotopic (exact) mass is 341 g/mol. The third kappa shape index (κ3) is 5.28. The number of hydrogen-bond donors (Lipinski definition) is 2. The molecule has 2 rings (SSSR count). The van der Waals surface area contributed by atoms with Crippen molar-refractivity contribution in [2.75, 3.05) is 39.1 Å². The minimum absolute atomic E-state index is 0.296. The average Bonchev–Trinajstić information content (AvgIpc) is 3.08. The van der Waals surface area contributed by atoms with E-state index in [1.54, 1.807) is 0 Å². The Labute approximate surface area is 146 Å². The van der Waals surface area contributed by atoms with Gasteiger partial charge in [0.05, 0.1) is 0 Å². The Bertz CT molecular complexity index is 374. The normalized spacial score (nSPS) is 23.7. The predicted octanol–water partition coefficient (Wildman–Crippen LogP) is 3.42. The molecule has 1 aliphatic carbocycles. The Hall–Kier alpha value is -0.420. The van der Waals surface area contributed by atoms with Gasteiger partial charge in [-0.2, -0.15) is 11.8 Å². The Morgan fingerprint density at radius 2 is 1.78 bits per heavy atom. The van der Waals surface area contributed by atoms with Crippen LogP contribution in [0.4, 0.5) is 0 Å². The van der Waals surface area contributed by atoms with E-state index in [0.29, 0.717) is 10.2 Å². The van der Waals surface area contributed by atoms with Gasteiger partial charge in [0.15, 0.2) is 5.96 Å². The van der Waals surface area contributed by atoms with Gasteiger partial charge in [-0.05, 0) is 50.7 Å². The van der Waals surface area contributed by atoms with Crippen molar-refractivity contribution >= 4 is 17.7 Å². The van der Waals surface area contributed by atoms with Crippen LogP contribution in [0.3, 0.4) is 0 Å². The highest BCUT2D eigenvalue weighted by molar-refractivity contribution is 8.00. The van der Waals surface area contributed by atoms with E-state index in [1.165, 1.54) is 32.1 Å². The minimum Gasteiger partial charge on any atom is -0.381 e. The van der Waals surface area contributed by atoms with Crippen LogP contribution in [0.15, 0.2) is 4.99 Å². The van der Waals surface area contributed by atoms with E-state index in [0.717, 1.165) is 51.6 Å². The standard InChI is InChI=1S/C18H35N3OS/c1-4-17(8-6-7-9-17)14-20-16(19-5-2)21-15-18(23-3)10-12-22-13-11-18/h4-15H2,1-3H3,(H2,19,20,21). The number of hydrogen-bond acceptors (Lipinski definition) is 3. The highest BCUT2D eigenvalue weighted by Crippen LogP contribution is 2.41. The molecular formula is C18H35N3OS. The molecule has 0 unspecified atom stereocenters. The lowest BCUT2D eigenvalue weighted by Gasteiger charge is -2.36. The second-order valence-electron chi connectivity index (χ2n) is 7.11. The van der Waals surface area contributed by atoms with E-state index in [2.05, 4.69) is 30.7 Å². The van der Waals surface area contributed by atoms with Crippen LogP contribution in [0.2, 0.25) is 0 Å². The number of aliphatic imine (C=N–C) groups is 1. The van der Waals surface area contributed by atoms with Gasteiger partial charge in [-0.25, -0.2) is 0 Å². The third-order valence-electron chi connectivity index (χ3n) is 5.75. The van der Waals surface area contributed by atoms with Gasteiger partial charge >= 0.3 is 0 Å². The van der Waals surface area contributed by atoms with Crippen LogP contribution in [-0.4, -0.2) is 49.8 Å². The van der Waals surface area contributed by atoms with Gasteiger partial charge in [-0.1, -0.05) is 19.8 Å². The fraction of sp³-hybridized carbons (Fsp3) is 0.944. The maximum atomic E-state index is 5.54. The molecule has 5 heteroatoms. The summed E-state index contributed by atoms with van der Waals surface area (Å²) in [5.74, 6) is 0.993. The summed E-state index contributed by atoms with van der Waals surface area (Å²) in [5, 5.41) is 7.04. The van der Waals surface area contributed by atoms with Gasteiger partial charge in [0, 0.05) is 37.6 Å². The molecule has 0 radical (unpaired) electrons. The van der Waals surface area contributed by atoms with Gasteiger partial charge in [0.25, 0.3) is 0 Å². The van der Waals surface area contributed by atoms with E-state index in [1.807, 2.05) is 11.8 Å². The SMILES string of the molecule is CCNC(=NCC1(CC)CCCC1)NCC1(SC)CCOCC1. The highest BCUT2D eigenvalue weighted by atomic mass is 32.2. The fourth-order valence-electron chi connectivity index (χ4n) is 3.78. The number of nitrogens with one attached hydrogen (secondary N) is 2. The predicted molar refractivity (Wildman–Crippen MR) is 101 cm³/mol. The maximum absolute atomic E-state index is 5.54. The Morgan fingerprint density at radius 3 is 2.35 bits per heavy atom. The maximum Gasteiger partial charge on any atom is 0.191 e. The molecule has 0 aromatic carbocycles. The van der Waals surface area contributed by atoms with Crippen molar-refractivity contribution in [1.29, 1.82) is 0 Å². The summed E-state index contributed by atoms with van der Waals surface area (Å²) in [6, 6.07) is 0. The van der Waals surface area contributed by atoms with Crippen molar-refractivity contribution in [2.24, 2.45) is 10.4 Å². The summed E-state index contributed by atoms with van der Waals surface area (Å²) in [6.45, 7) is 9.09. The van der Waals surface area contributed by atoms with Gasteiger partial charge in [0.2, 0.25) is 0 Å². The van der Waals surface area contributed by atoms with Crippen LogP contribution in [0.1, 0.15) is 58.8 Å². The highest BCUT2D eigenvalue weighted by Gasteiger charge is 2.33. The molecule has 2 fully saturated rings. The van der Waals surface area contributed by atoms with Crippen molar-refractivity contribution in [3.05, 3.63) is 0 Å². The lowest BCUT2D eigenvalue weighted by molar-refractivity contribution is 0.0783. The molecule has 2 aliphatic rings. The number of nitrogens with zero attached hydrogens (tertiary/aromatic N) is 1. The summed E-state index contributed by atoms with van der Waals surface area (Å²) in [6.07, 6.45) is 11.2. The molecule has 0 atom stereocenters. The quantitative estimate of drug-likeness (QED) is 0.550. The van der Waals surface area contributed by atoms with E-state index in [4.69, 9.17) is 9.73 Å². The van der Waals surface area contributed by atoms with Crippen LogP contribution in [0.25, 0.3) is 0 Å². The van der Waals surface area contributed by atoms with Gasteiger partial charge in [-0.3, -0.25) is 4.99 Å². The topological polar surface area (TPSA) is 45.7 Å². The molecule has 2 N–H and O–H groups in total. The molecule has 1 heterocycles. The van der Waals surface area contributed by atoms with E-state index in [9.17, 15) is 0 Å². The Morgan fingerprint density at radius 1 is 1.09 bits per heavy atom. The zero-order chi connectivity index (χ0) is 16.6. The van der Waals surface area contributed by atoms with Crippen LogP contribution >= 0.6 is 11.8 Å². The van der Waals surface area contributed by atoms with Crippen molar-refractivity contribution in [1.82, 2.24) is 10.6 Å². The largest absolute Gasteiger partial charge is 0.381 e. The van der Waals surface area contributed by atoms with Crippen molar-refractivity contribution < 1.29 is 4.74 Å². The first kappa shape index (κ1) is 18.9. The van der Waals surface area contributed by atoms with Gasteiger partial charge in [-0.15, -0.1) is 0 Å². The molecule has 23 heavy (non-hydrogen) atoms. The summed E-state index contributed by atoms with van der Waals surface area (Å²) in [4.78, 5) is 4.94. The van der Waals surface area contributed by atoms with E-state index in [-0.39, 0.29) is 0 Å². The lowest BCUT2D eigenvalue weighted by atomic mass is 9.84. The lowest BCUT2D eigenvalue weighted by Crippen LogP contribution is -2.48. The minimum atomic E-state index is 0.296. The molecule has 0 bridgehead atoms. The molecule has 4 nitrogen and oxygen atoms in total. The number of thioether (sulfide) groups is 1. The van der Waals surface area contributed by atoms with E-state index >= 15 is 0 Å². The first-order valence-corrected chi connectivity index (χ1v) is 10.6. The smallest absolute Gasteiger partial charge is 0.191 e. The van der Waals surface area contributed by atoms with Gasteiger partial charge < -0.3 is 15.4 Å². The Balaban J connectivity index is 1.93. The second-order valence-corrected chi connectivity index (χ2v) is 8.38. The average molecular weight is 342 g/mol. The zero-order valence-electron chi connectivity index (χ0n) is 15.2. The van der Waals surface area contributed by atoms with Crippen molar-refractivity contribution in [3.63, 3.8) is 0 Å². The molecule has 0 spiro atoms. The second kappa shape index (κ2) is 9.16. The molecule has 0 aromatic rings. The molecule has 0 aromatic heterocycles. The van der Waals surface area contributed by atoms with E-state index < -0.39 is 0 Å². The first-order chi connectivity index (χ1) is 11.2. The van der Waals surface area contributed by atoms with Crippen LogP contribution in [-0.2, 0) is 4.74 Å². The number of ether oxygens (including phenoxy) is 1. The molecular weight excluding hydrogens is 306 g/mol. The van der Waals surface area contributed by atoms with Crippen LogP contribution in [0, 0.1) is 5.41 Å². The summed E-state index contributed by atoms with van der Waals surface area (Å²) in [7, 11) is 0. The molecule has 134 valence electrons. The molecule has 0 amide bonds. The zero-order valence-corrected chi connectivity index (χ0v) is 16.1. The van der Waals surface area contributed by atoms with Crippen LogP contribution < -0.4 is 10.6 Å². The molecule has 1 aliphatic heterocycles. The molecule has 1 saturated carbocycles. The van der Waals surface area contributed by atoms with Gasteiger partial charge in [0.1, 0.15) is 0 Å². The number of guanidine groups is 1. The first-order valence-electron chi connectivity index (χ1n) is 9.33. The van der Waals surface area contributed by atoms with Crippen molar-refractivity contribution in [2.45, 2.75) is 63.5 Å². The summed E-state index contributed by atoms with van der Waals surface area (Å²) < 4.78 is 5.83. The fourth-order valence-corrected chi connectivity index (χ4v) is 4.57. The van der Waals surface area contributed by atoms with Crippen LogP contribution in [0.5, 0.6) is 0 Å². The van der Waals surface area contributed by atoms with Crippen molar-refractivity contribution in [3.8, 4) is 0 Å². The Kier molecular flexibility index (Phi) is 7.54.